The molecule has 2 aromatic carbocycles. The summed E-state index contributed by atoms with van der Waals surface area (Å²) in [5, 5.41) is 1.64. The number of hydrogen-bond donors (Lipinski definition) is 0. The molecule has 10 heteroatoms. The van der Waals surface area contributed by atoms with Crippen molar-refractivity contribution in [1.82, 2.24) is 14.8 Å². The first kappa shape index (κ1) is 28.7. The number of pyridine rings is 1. The van der Waals surface area contributed by atoms with Gasteiger partial charge in [-0.15, -0.1) is 0 Å². The summed E-state index contributed by atoms with van der Waals surface area (Å²) >= 11 is 19.5. The third-order valence-electron chi connectivity index (χ3n) is 7.81. The lowest BCUT2D eigenvalue weighted by Crippen LogP contribution is -2.56. The summed E-state index contributed by atoms with van der Waals surface area (Å²) in [6.45, 7) is 2.50. The van der Waals surface area contributed by atoms with Gasteiger partial charge in [0, 0.05) is 90.4 Å². The van der Waals surface area contributed by atoms with Crippen molar-refractivity contribution in [1.29, 1.82) is 0 Å². The Kier molecular flexibility index (Phi) is 8.86. The van der Waals surface area contributed by atoms with E-state index in [-0.39, 0.29) is 31.4 Å². The predicted molar refractivity (Wildman–Crippen MR) is 158 cm³/mol. The molecule has 2 saturated heterocycles. The molecule has 0 radical (unpaired) electrons. The zero-order valence-corrected chi connectivity index (χ0v) is 24.6. The molecule has 0 aliphatic carbocycles. The average molecular weight is 602 g/mol. The zero-order valence-electron chi connectivity index (χ0n) is 22.3. The molecule has 7 nitrogen and oxygen atoms in total. The van der Waals surface area contributed by atoms with Gasteiger partial charge in [-0.2, -0.15) is 0 Å². The Bertz CT molecular complexity index is 1380. The summed E-state index contributed by atoms with van der Waals surface area (Å²) in [5.74, 6) is -0.190. The molecule has 40 heavy (non-hydrogen) atoms. The number of aromatic nitrogens is 1. The molecule has 2 aliphatic rings. The van der Waals surface area contributed by atoms with E-state index in [0.29, 0.717) is 54.2 Å². The average Bonchev–Trinajstić information content (AvgIpc) is 2.94. The maximum Gasteiger partial charge on any atom is 0.327 e. The smallest absolute Gasteiger partial charge is 0.327 e. The second-order valence-corrected chi connectivity index (χ2v) is 11.7. The molecule has 3 aromatic rings. The van der Waals surface area contributed by atoms with Crippen LogP contribution in [0.3, 0.4) is 0 Å². The van der Waals surface area contributed by atoms with E-state index in [9.17, 15) is 9.59 Å². The van der Waals surface area contributed by atoms with Crippen LogP contribution in [0.5, 0.6) is 0 Å². The van der Waals surface area contributed by atoms with Crippen LogP contribution in [-0.2, 0) is 28.0 Å². The molecule has 0 N–H and O–H groups in total. The number of amides is 3. The van der Waals surface area contributed by atoms with Crippen LogP contribution in [0.2, 0.25) is 15.1 Å². The molecule has 0 saturated carbocycles. The van der Waals surface area contributed by atoms with E-state index < -0.39 is 5.41 Å². The predicted octanol–water partition coefficient (Wildman–Crippen LogP) is 6.58. The molecule has 0 atom stereocenters. The first-order valence-electron chi connectivity index (χ1n) is 13.3. The highest BCUT2D eigenvalue weighted by Gasteiger charge is 2.43. The number of ether oxygens (including phenoxy) is 1. The Morgan fingerprint density at radius 1 is 1.02 bits per heavy atom. The molecule has 0 spiro atoms. The molecular weight excluding hydrogens is 571 g/mol. The van der Waals surface area contributed by atoms with E-state index in [1.165, 1.54) is 4.90 Å². The first-order valence-corrected chi connectivity index (χ1v) is 14.4. The summed E-state index contributed by atoms with van der Waals surface area (Å²) in [6, 6.07) is 14.7. The maximum absolute atomic E-state index is 13.9. The first-order chi connectivity index (χ1) is 19.3. The fourth-order valence-corrected chi connectivity index (χ4v) is 6.48. The fraction of sp³-hybridized carbons (Fsp3) is 0.367. The summed E-state index contributed by atoms with van der Waals surface area (Å²) in [6.07, 6.45) is 5.09. The van der Waals surface area contributed by atoms with Crippen LogP contribution >= 0.6 is 34.8 Å². The van der Waals surface area contributed by atoms with Gasteiger partial charge < -0.3 is 14.5 Å². The summed E-state index contributed by atoms with van der Waals surface area (Å²) in [7, 11) is 1.99. The van der Waals surface area contributed by atoms with Crippen molar-refractivity contribution in [3.8, 4) is 0 Å². The van der Waals surface area contributed by atoms with Gasteiger partial charge in [0.05, 0.1) is 6.54 Å². The monoisotopic (exact) mass is 600 g/mol. The number of nitrogens with zero attached hydrogens (tertiary/aromatic N) is 4. The summed E-state index contributed by atoms with van der Waals surface area (Å²) in [5.41, 5.74) is 3.17. The van der Waals surface area contributed by atoms with Crippen molar-refractivity contribution in [2.24, 2.45) is 0 Å². The minimum Gasteiger partial charge on any atom is -0.381 e. The van der Waals surface area contributed by atoms with Crippen molar-refractivity contribution >= 4 is 52.4 Å². The van der Waals surface area contributed by atoms with Crippen molar-refractivity contribution in [2.45, 2.75) is 37.8 Å². The number of hydrogen-bond acceptors (Lipinski definition) is 5. The third kappa shape index (κ3) is 6.08. The van der Waals surface area contributed by atoms with Gasteiger partial charge in [-0.1, -0.05) is 53.0 Å². The van der Waals surface area contributed by atoms with Gasteiger partial charge in [0.15, 0.2) is 0 Å². The third-order valence-corrected chi connectivity index (χ3v) is 8.71. The number of halogens is 3. The van der Waals surface area contributed by atoms with Crippen LogP contribution in [0.4, 0.5) is 10.5 Å². The van der Waals surface area contributed by atoms with Crippen LogP contribution in [0, 0.1) is 0 Å². The number of anilines is 1. The van der Waals surface area contributed by atoms with E-state index >= 15 is 0 Å². The molecule has 210 valence electrons. The number of carbonyl (C=O) groups excluding carboxylic acids is 2. The zero-order chi connectivity index (χ0) is 28.3. The van der Waals surface area contributed by atoms with Gasteiger partial charge >= 0.3 is 6.03 Å². The van der Waals surface area contributed by atoms with Gasteiger partial charge in [-0.25, -0.2) is 4.79 Å². The van der Waals surface area contributed by atoms with E-state index in [0.717, 1.165) is 22.4 Å². The molecule has 2 fully saturated rings. The maximum atomic E-state index is 13.9. The standard InChI is InChI=1S/C30H31Cl3N4O3/c1-35(18-21-4-3-12-34-17-21)27-6-2-5-25(32)23(27)19-36-13-9-28(38)37(29(36)39)20-30(10-14-40-15-11-30)24-8-7-22(31)16-26(24)33/h2-8,12,16-17H,9-11,13-15,18-20H2,1H3. The summed E-state index contributed by atoms with van der Waals surface area (Å²) in [4.78, 5) is 36.5. The van der Waals surface area contributed by atoms with Gasteiger partial charge in [0.1, 0.15) is 0 Å². The Balaban J connectivity index is 1.40. The Morgan fingerprint density at radius 2 is 1.82 bits per heavy atom. The summed E-state index contributed by atoms with van der Waals surface area (Å²) < 4.78 is 5.65. The lowest BCUT2D eigenvalue weighted by molar-refractivity contribution is -0.132. The van der Waals surface area contributed by atoms with Crippen molar-refractivity contribution in [2.75, 3.05) is 38.3 Å². The highest BCUT2D eigenvalue weighted by Crippen LogP contribution is 2.41. The van der Waals surface area contributed by atoms with Crippen LogP contribution in [-0.4, -0.2) is 60.1 Å². The Morgan fingerprint density at radius 3 is 2.55 bits per heavy atom. The lowest BCUT2D eigenvalue weighted by Gasteiger charge is -2.44. The van der Waals surface area contributed by atoms with E-state index in [1.807, 2.05) is 49.6 Å². The highest BCUT2D eigenvalue weighted by atomic mass is 35.5. The number of carbonyl (C=O) groups is 2. The van der Waals surface area contributed by atoms with E-state index in [4.69, 9.17) is 39.5 Å². The molecular formula is C30H31Cl3N4O3. The van der Waals surface area contributed by atoms with Crippen molar-refractivity contribution in [3.05, 3.63) is 92.7 Å². The molecule has 0 bridgehead atoms. The molecule has 0 unspecified atom stereocenters. The largest absolute Gasteiger partial charge is 0.381 e. The van der Waals surface area contributed by atoms with Gasteiger partial charge in [0.2, 0.25) is 5.91 Å². The molecule has 3 amide bonds. The highest BCUT2D eigenvalue weighted by molar-refractivity contribution is 6.35. The topological polar surface area (TPSA) is 66.0 Å². The molecule has 3 heterocycles. The molecule has 2 aliphatic heterocycles. The van der Waals surface area contributed by atoms with E-state index in [2.05, 4.69) is 9.88 Å². The quantitative estimate of drug-likeness (QED) is 0.292. The van der Waals surface area contributed by atoms with Crippen molar-refractivity contribution < 1.29 is 14.3 Å². The van der Waals surface area contributed by atoms with E-state index in [1.54, 1.807) is 23.2 Å². The molecule has 1 aromatic heterocycles. The number of urea groups is 1. The lowest BCUT2D eigenvalue weighted by atomic mass is 9.73. The van der Waals surface area contributed by atoms with Crippen LogP contribution in [0.25, 0.3) is 0 Å². The van der Waals surface area contributed by atoms with Crippen LogP contribution < -0.4 is 4.90 Å². The van der Waals surface area contributed by atoms with Crippen molar-refractivity contribution in [3.63, 3.8) is 0 Å². The molecule has 5 rings (SSSR count). The van der Waals surface area contributed by atoms with Crippen LogP contribution in [0.15, 0.2) is 60.9 Å². The number of imide groups is 1. The van der Waals surface area contributed by atoms with Gasteiger partial charge in [0.25, 0.3) is 0 Å². The Labute approximate surface area is 249 Å². The fourth-order valence-electron chi connectivity index (χ4n) is 5.64. The van der Waals surface area contributed by atoms with Gasteiger partial charge in [-0.05, 0) is 54.3 Å². The normalized spacial score (nSPS) is 17.3. The van der Waals surface area contributed by atoms with Crippen LogP contribution in [0.1, 0.15) is 36.0 Å². The number of rotatable bonds is 8. The minimum atomic E-state index is -0.520. The minimum absolute atomic E-state index is 0.190. The SMILES string of the molecule is CN(Cc1cccnc1)c1cccc(Cl)c1CN1CCC(=O)N(CC2(c3ccc(Cl)cc3Cl)CCOCC2)C1=O. The number of benzene rings is 2. The second-order valence-electron chi connectivity index (χ2n) is 10.4. The second kappa shape index (κ2) is 12.4. The Hall–Kier alpha value is -2.84. The van der Waals surface area contributed by atoms with Gasteiger partial charge in [-0.3, -0.25) is 14.7 Å².